The molecule has 0 unspecified atom stereocenters. The van der Waals surface area contributed by atoms with Crippen LogP contribution in [0.25, 0.3) is 21.5 Å². The molecule has 1 saturated heterocycles. The average molecular weight is 365 g/mol. The van der Waals surface area contributed by atoms with Crippen LogP contribution >= 0.6 is 0 Å². The number of hydrogen-bond donors (Lipinski definition) is 4. The molecule has 7 heteroatoms. The van der Waals surface area contributed by atoms with Crippen LogP contribution in [0.3, 0.4) is 0 Å². The van der Waals surface area contributed by atoms with Crippen LogP contribution in [0.2, 0.25) is 0 Å². The van der Waals surface area contributed by atoms with Gasteiger partial charge in [0.15, 0.2) is 5.66 Å². The molecule has 138 valence electrons. The Morgan fingerprint density at radius 3 is 2.11 bits per heavy atom. The maximum absolute atomic E-state index is 10.9. The summed E-state index contributed by atoms with van der Waals surface area (Å²) >= 11 is 0. The Hall–Kier alpha value is -3.06. The van der Waals surface area contributed by atoms with E-state index in [4.69, 9.17) is 9.98 Å². The molecule has 4 N–H and O–H groups in total. The zero-order valence-corrected chi connectivity index (χ0v) is 14.8. The number of phenols is 4. The first-order valence-electron chi connectivity index (χ1n) is 8.90. The summed E-state index contributed by atoms with van der Waals surface area (Å²) in [6, 6.07) is 6.01. The maximum Gasteiger partial charge on any atom is 0.154 e. The second-order valence-electron chi connectivity index (χ2n) is 7.42. The molecule has 1 fully saturated rings. The summed E-state index contributed by atoms with van der Waals surface area (Å²) in [5, 5.41) is 44.0. The number of aromatic hydroxyl groups is 4. The third-order valence-corrected chi connectivity index (χ3v) is 5.72. The minimum absolute atomic E-state index is 0.00734. The van der Waals surface area contributed by atoms with Gasteiger partial charge in [-0.05, 0) is 31.3 Å². The molecule has 5 rings (SSSR count). The van der Waals surface area contributed by atoms with Gasteiger partial charge in [0.2, 0.25) is 0 Å². The highest BCUT2D eigenvalue weighted by molar-refractivity contribution is 6.14. The van der Waals surface area contributed by atoms with Crippen molar-refractivity contribution < 1.29 is 20.4 Å². The summed E-state index contributed by atoms with van der Waals surface area (Å²) in [6.45, 7) is 1.77. The number of benzene rings is 3. The molecule has 27 heavy (non-hydrogen) atoms. The smallest absolute Gasteiger partial charge is 0.154 e. The zero-order chi connectivity index (χ0) is 18.9. The van der Waals surface area contributed by atoms with Gasteiger partial charge in [-0.2, -0.15) is 0 Å². The van der Waals surface area contributed by atoms with Crippen LogP contribution in [-0.2, 0) is 0 Å². The first kappa shape index (κ1) is 16.1. The van der Waals surface area contributed by atoms with Crippen molar-refractivity contribution in [3.05, 3.63) is 35.0 Å². The fraction of sp³-hybridized carbons (Fsp3) is 0.300. The van der Waals surface area contributed by atoms with E-state index in [1.54, 1.807) is 12.1 Å². The average Bonchev–Trinajstić information content (AvgIpc) is 3.01. The van der Waals surface area contributed by atoms with E-state index in [-0.39, 0.29) is 33.8 Å². The van der Waals surface area contributed by atoms with E-state index in [1.807, 2.05) is 0 Å². The molecular formula is C20H19N3O4. The fourth-order valence-electron chi connectivity index (χ4n) is 4.20. The van der Waals surface area contributed by atoms with Crippen molar-refractivity contribution in [3.8, 4) is 23.0 Å². The lowest BCUT2D eigenvalue weighted by atomic mass is 9.98. The molecule has 2 aliphatic rings. The summed E-state index contributed by atoms with van der Waals surface area (Å²) in [4.78, 5) is 11.9. The van der Waals surface area contributed by atoms with Crippen molar-refractivity contribution in [3.63, 3.8) is 0 Å². The topological polar surface area (TPSA) is 109 Å². The number of likely N-dealkylation sites (tertiary alicyclic amines) is 1. The standard InChI is InChI=1S/C20H19N3O4/c1-23-8-6-20(7-9-23)21-11-3-2-10-14(17(11)22-20)19(27)16-13(25)5-4-12(24)15(16)18(10)26/h2-5,24-27H,6-9H2,1H3. The highest BCUT2D eigenvalue weighted by Gasteiger charge is 2.35. The molecule has 0 saturated carbocycles. The first-order chi connectivity index (χ1) is 12.9. The maximum atomic E-state index is 10.9. The van der Waals surface area contributed by atoms with Crippen LogP contribution < -0.4 is 10.7 Å². The molecule has 7 nitrogen and oxygen atoms in total. The monoisotopic (exact) mass is 365 g/mol. The van der Waals surface area contributed by atoms with Crippen molar-refractivity contribution in [1.82, 2.24) is 4.90 Å². The second kappa shape index (κ2) is 5.23. The fourth-order valence-corrected chi connectivity index (χ4v) is 4.20. The van der Waals surface area contributed by atoms with Gasteiger partial charge in [0.25, 0.3) is 0 Å². The van der Waals surface area contributed by atoms with Gasteiger partial charge in [0, 0.05) is 31.3 Å². The Morgan fingerprint density at radius 2 is 1.44 bits per heavy atom. The van der Waals surface area contributed by atoms with Crippen molar-refractivity contribution in [1.29, 1.82) is 0 Å². The van der Waals surface area contributed by atoms with Crippen LogP contribution in [0.4, 0.5) is 0 Å². The van der Waals surface area contributed by atoms with E-state index in [0.717, 1.165) is 25.9 Å². The number of nitrogens with zero attached hydrogens (tertiary/aromatic N) is 3. The van der Waals surface area contributed by atoms with Crippen molar-refractivity contribution in [2.45, 2.75) is 18.5 Å². The van der Waals surface area contributed by atoms with Crippen LogP contribution in [0.5, 0.6) is 23.0 Å². The van der Waals surface area contributed by atoms with Gasteiger partial charge < -0.3 is 25.3 Å². The lowest BCUT2D eigenvalue weighted by Gasteiger charge is -2.33. The van der Waals surface area contributed by atoms with E-state index in [9.17, 15) is 20.4 Å². The Kier molecular flexibility index (Phi) is 3.13. The minimum atomic E-state index is -0.541. The van der Waals surface area contributed by atoms with E-state index < -0.39 is 5.66 Å². The molecular weight excluding hydrogens is 346 g/mol. The molecule has 0 amide bonds. The molecule has 2 heterocycles. The Morgan fingerprint density at radius 1 is 0.815 bits per heavy atom. The third kappa shape index (κ3) is 2.12. The summed E-state index contributed by atoms with van der Waals surface area (Å²) in [5.41, 5.74) is -0.541. The third-order valence-electron chi connectivity index (χ3n) is 5.72. The largest absolute Gasteiger partial charge is 0.507 e. The molecule has 0 bridgehead atoms. The predicted molar refractivity (Wildman–Crippen MR) is 99.9 cm³/mol. The molecule has 3 aromatic carbocycles. The number of piperidine rings is 1. The summed E-state index contributed by atoms with van der Waals surface area (Å²) in [6.07, 6.45) is 1.57. The van der Waals surface area contributed by atoms with Gasteiger partial charge in [-0.1, -0.05) is 0 Å². The molecule has 0 aromatic heterocycles. The Bertz CT molecular complexity index is 1240. The Balaban J connectivity index is 1.91. The molecule has 0 radical (unpaired) electrons. The summed E-state index contributed by atoms with van der Waals surface area (Å²) in [7, 11) is 2.07. The van der Waals surface area contributed by atoms with Crippen LogP contribution in [0.1, 0.15) is 12.8 Å². The van der Waals surface area contributed by atoms with Gasteiger partial charge in [0.1, 0.15) is 23.0 Å². The van der Waals surface area contributed by atoms with E-state index >= 15 is 0 Å². The number of rotatable bonds is 0. The van der Waals surface area contributed by atoms with Crippen LogP contribution in [-0.4, -0.2) is 51.1 Å². The number of hydrogen-bond acceptors (Lipinski definition) is 7. The van der Waals surface area contributed by atoms with Gasteiger partial charge in [-0.25, -0.2) is 0 Å². The molecule has 2 aliphatic heterocycles. The lowest BCUT2D eigenvalue weighted by Crippen LogP contribution is -2.39. The first-order valence-corrected chi connectivity index (χ1v) is 8.90. The van der Waals surface area contributed by atoms with Crippen LogP contribution in [0, 0.1) is 0 Å². The van der Waals surface area contributed by atoms with Gasteiger partial charge in [-0.3, -0.25) is 9.98 Å². The van der Waals surface area contributed by atoms with Gasteiger partial charge in [-0.15, -0.1) is 0 Å². The van der Waals surface area contributed by atoms with E-state index in [2.05, 4.69) is 11.9 Å². The van der Waals surface area contributed by atoms with E-state index in [1.165, 1.54) is 12.1 Å². The normalized spacial score (nSPS) is 18.6. The van der Waals surface area contributed by atoms with Crippen molar-refractivity contribution in [2.75, 3.05) is 20.1 Å². The number of phenolic OH excluding ortho intramolecular Hbond substituents is 4. The van der Waals surface area contributed by atoms with E-state index in [0.29, 0.717) is 21.5 Å². The molecule has 0 atom stereocenters. The van der Waals surface area contributed by atoms with Gasteiger partial charge in [0.05, 0.1) is 26.9 Å². The zero-order valence-electron chi connectivity index (χ0n) is 14.8. The summed E-state index contributed by atoms with van der Waals surface area (Å²) < 4.78 is 0. The molecule has 0 aliphatic carbocycles. The summed E-state index contributed by atoms with van der Waals surface area (Å²) in [5.74, 6) is -0.856. The number of fused-ring (bicyclic) bond motifs is 4. The van der Waals surface area contributed by atoms with Gasteiger partial charge >= 0.3 is 0 Å². The second-order valence-corrected chi connectivity index (χ2v) is 7.42. The predicted octanol–water partition coefficient (Wildman–Crippen LogP) is 1.49. The quantitative estimate of drug-likeness (QED) is 0.357. The highest BCUT2D eigenvalue weighted by Crippen LogP contribution is 2.47. The van der Waals surface area contributed by atoms with Crippen molar-refractivity contribution in [2.24, 2.45) is 9.98 Å². The van der Waals surface area contributed by atoms with Crippen LogP contribution in [0.15, 0.2) is 34.3 Å². The van der Waals surface area contributed by atoms with Crippen molar-refractivity contribution >= 4 is 21.5 Å². The molecule has 3 aromatic rings. The highest BCUT2D eigenvalue weighted by atomic mass is 16.3. The SMILES string of the molecule is CN1CCC2(CC1)N=c1ccc3c(O)c4c(O)ccc(O)c4c(O)c3c1=N2. The minimum Gasteiger partial charge on any atom is -0.507 e. The Labute approximate surface area is 154 Å². The molecule has 1 spiro atoms. The lowest BCUT2D eigenvalue weighted by molar-refractivity contribution is 0.197.